The third-order valence-corrected chi connectivity index (χ3v) is 4.57. The second kappa shape index (κ2) is 4.86. The van der Waals surface area contributed by atoms with Crippen LogP contribution in [0.3, 0.4) is 0 Å². The van der Waals surface area contributed by atoms with Crippen LogP contribution in [0, 0.1) is 17.3 Å². The molecule has 0 amide bonds. The van der Waals surface area contributed by atoms with Crippen LogP contribution in [0.25, 0.3) is 0 Å². The first-order chi connectivity index (χ1) is 7.24. The van der Waals surface area contributed by atoms with Crippen LogP contribution < -0.4 is 5.32 Å². The van der Waals surface area contributed by atoms with Crippen LogP contribution in [0.2, 0.25) is 0 Å². The van der Waals surface area contributed by atoms with E-state index in [1.165, 1.54) is 51.5 Å². The average Bonchev–Trinajstić information content (AvgIpc) is 2.98. The lowest BCUT2D eigenvalue weighted by Gasteiger charge is -2.33. The van der Waals surface area contributed by atoms with Crippen molar-refractivity contribution in [1.29, 1.82) is 0 Å². The molecule has 2 aliphatic rings. The van der Waals surface area contributed by atoms with Gasteiger partial charge < -0.3 is 5.32 Å². The summed E-state index contributed by atoms with van der Waals surface area (Å²) in [5, 5.41) is 3.58. The van der Waals surface area contributed by atoms with Gasteiger partial charge in [-0.25, -0.2) is 0 Å². The van der Waals surface area contributed by atoms with Crippen LogP contribution >= 0.6 is 0 Å². The molecule has 2 rings (SSSR count). The van der Waals surface area contributed by atoms with E-state index >= 15 is 0 Å². The zero-order chi connectivity index (χ0) is 10.7. The summed E-state index contributed by atoms with van der Waals surface area (Å²) in [5.41, 5.74) is 0.616. The van der Waals surface area contributed by atoms with Crippen molar-refractivity contribution in [2.45, 2.75) is 58.8 Å². The first-order valence-electron chi connectivity index (χ1n) is 6.95. The average molecular weight is 209 g/mol. The quantitative estimate of drug-likeness (QED) is 0.705. The fourth-order valence-electron chi connectivity index (χ4n) is 3.45. The zero-order valence-electron chi connectivity index (χ0n) is 10.5. The molecule has 1 N–H and O–H groups in total. The second-order valence-corrected chi connectivity index (χ2v) is 6.06. The highest BCUT2D eigenvalue weighted by molar-refractivity contribution is 4.94. The number of hydrogen-bond acceptors (Lipinski definition) is 1. The summed E-state index contributed by atoms with van der Waals surface area (Å²) >= 11 is 0. The largest absolute Gasteiger partial charge is 0.316 e. The minimum absolute atomic E-state index is 0.616. The molecule has 1 atom stereocenters. The van der Waals surface area contributed by atoms with Gasteiger partial charge in [0.1, 0.15) is 0 Å². The van der Waals surface area contributed by atoms with Crippen molar-refractivity contribution in [3.8, 4) is 0 Å². The fourth-order valence-corrected chi connectivity index (χ4v) is 3.45. The number of nitrogens with one attached hydrogen (secondary N) is 1. The molecule has 0 aromatic rings. The van der Waals surface area contributed by atoms with Gasteiger partial charge in [0.05, 0.1) is 0 Å². The molecular weight excluding hydrogens is 182 g/mol. The summed E-state index contributed by atoms with van der Waals surface area (Å²) in [6, 6.07) is 0. The van der Waals surface area contributed by atoms with Gasteiger partial charge in [0.2, 0.25) is 0 Å². The van der Waals surface area contributed by atoms with Gasteiger partial charge in [-0.2, -0.15) is 0 Å². The first kappa shape index (κ1) is 11.4. The standard InChI is InChI=1S/C14H27N/c1-3-15-11-14(2,13-8-9-13)10-12-6-4-5-7-12/h12-13,15H,3-11H2,1-2H3. The first-order valence-corrected chi connectivity index (χ1v) is 6.95. The van der Waals surface area contributed by atoms with Gasteiger partial charge in [-0.1, -0.05) is 39.5 Å². The fraction of sp³-hybridized carbons (Fsp3) is 1.00. The van der Waals surface area contributed by atoms with Gasteiger partial charge in [-0.3, -0.25) is 0 Å². The summed E-state index contributed by atoms with van der Waals surface area (Å²) < 4.78 is 0. The van der Waals surface area contributed by atoms with E-state index in [1.54, 1.807) is 0 Å². The van der Waals surface area contributed by atoms with Crippen molar-refractivity contribution in [3.05, 3.63) is 0 Å². The van der Waals surface area contributed by atoms with Gasteiger partial charge >= 0.3 is 0 Å². The van der Waals surface area contributed by atoms with Crippen LogP contribution in [-0.2, 0) is 0 Å². The van der Waals surface area contributed by atoms with Crippen LogP contribution in [0.15, 0.2) is 0 Å². The lowest BCUT2D eigenvalue weighted by atomic mass is 9.76. The molecule has 1 heteroatoms. The molecule has 0 radical (unpaired) electrons. The monoisotopic (exact) mass is 209 g/mol. The smallest absolute Gasteiger partial charge is 0.000780 e. The van der Waals surface area contributed by atoms with Crippen molar-refractivity contribution in [1.82, 2.24) is 5.32 Å². The SMILES string of the molecule is CCNCC(C)(CC1CCCC1)C1CC1. The molecule has 0 aliphatic heterocycles. The highest BCUT2D eigenvalue weighted by Gasteiger charge is 2.42. The molecule has 15 heavy (non-hydrogen) atoms. The third-order valence-electron chi connectivity index (χ3n) is 4.57. The Hall–Kier alpha value is -0.0400. The van der Waals surface area contributed by atoms with E-state index in [0.29, 0.717) is 5.41 Å². The van der Waals surface area contributed by atoms with E-state index in [2.05, 4.69) is 19.2 Å². The Labute approximate surface area is 95.0 Å². The molecule has 2 saturated carbocycles. The maximum atomic E-state index is 3.58. The van der Waals surface area contributed by atoms with Crippen molar-refractivity contribution >= 4 is 0 Å². The molecule has 0 bridgehead atoms. The van der Waals surface area contributed by atoms with E-state index in [-0.39, 0.29) is 0 Å². The topological polar surface area (TPSA) is 12.0 Å². The van der Waals surface area contributed by atoms with Gasteiger partial charge in [0.15, 0.2) is 0 Å². The number of hydrogen-bond donors (Lipinski definition) is 1. The summed E-state index contributed by atoms with van der Waals surface area (Å²) in [6.07, 6.45) is 10.5. The third kappa shape index (κ3) is 2.96. The summed E-state index contributed by atoms with van der Waals surface area (Å²) in [4.78, 5) is 0. The highest BCUT2D eigenvalue weighted by Crippen LogP contribution is 2.50. The highest BCUT2D eigenvalue weighted by atomic mass is 14.9. The Kier molecular flexibility index (Phi) is 3.71. The molecule has 2 fully saturated rings. The Bertz CT molecular complexity index is 192. The van der Waals surface area contributed by atoms with Crippen LogP contribution in [0.1, 0.15) is 58.8 Å². The molecule has 0 aromatic carbocycles. The summed E-state index contributed by atoms with van der Waals surface area (Å²) in [6.45, 7) is 7.15. The van der Waals surface area contributed by atoms with Crippen molar-refractivity contribution in [2.75, 3.05) is 13.1 Å². The van der Waals surface area contributed by atoms with E-state index < -0.39 is 0 Å². The van der Waals surface area contributed by atoms with E-state index in [4.69, 9.17) is 0 Å². The Morgan fingerprint density at radius 2 is 1.80 bits per heavy atom. The molecule has 0 heterocycles. The molecule has 1 nitrogen and oxygen atoms in total. The second-order valence-electron chi connectivity index (χ2n) is 6.06. The predicted octanol–water partition coefficient (Wildman–Crippen LogP) is 3.59. The van der Waals surface area contributed by atoms with Gasteiger partial charge in [0, 0.05) is 6.54 Å². The van der Waals surface area contributed by atoms with Gasteiger partial charge in [0.25, 0.3) is 0 Å². The molecule has 0 aromatic heterocycles. The summed E-state index contributed by atoms with van der Waals surface area (Å²) in [5.74, 6) is 2.09. The summed E-state index contributed by atoms with van der Waals surface area (Å²) in [7, 11) is 0. The van der Waals surface area contributed by atoms with Gasteiger partial charge in [-0.05, 0) is 43.1 Å². The Balaban J connectivity index is 1.85. The van der Waals surface area contributed by atoms with Crippen LogP contribution in [-0.4, -0.2) is 13.1 Å². The molecule has 88 valence electrons. The van der Waals surface area contributed by atoms with Crippen molar-refractivity contribution in [3.63, 3.8) is 0 Å². The Morgan fingerprint density at radius 1 is 1.13 bits per heavy atom. The van der Waals surface area contributed by atoms with Crippen molar-refractivity contribution < 1.29 is 0 Å². The predicted molar refractivity (Wildman–Crippen MR) is 65.9 cm³/mol. The van der Waals surface area contributed by atoms with Gasteiger partial charge in [-0.15, -0.1) is 0 Å². The van der Waals surface area contributed by atoms with Crippen molar-refractivity contribution in [2.24, 2.45) is 17.3 Å². The minimum atomic E-state index is 0.616. The van der Waals surface area contributed by atoms with E-state index in [9.17, 15) is 0 Å². The van der Waals surface area contributed by atoms with E-state index in [1.807, 2.05) is 0 Å². The van der Waals surface area contributed by atoms with Crippen LogP contribution in [0.5, 0.6) is 0 Å². The molecule has 0 spiro atoms. The van der Waals surface area contributed by atoms with E-state index in [0.717, 1.165) is 18.4 Å². The number of rotatable bonds is 6. The molecule has 1 unspecified atom stereocenters. The molecule has 0 saturated heterocycles. The zero-order valence-corrected chi connectivity index (χ0v) is 10.5. The minimum Gasteiger partial charge on any atom is -0.316 e. The lowest BCUT2D eigenvalue weighted by molar-refractivity contribution is 0.196. The maximum absolute atomic E-state index is 3.58. The van der Waals surface area contributed by atoms with Crippen LogP contribution in [0.4, 0.5) is 0 Å². The molecular formula is C14H27N. The molecule has 2 aliphatic carbocycles. The lowest BCUT2D eigenvalue weighted by Crippen LogP contribution is -2.35. The normalized spacial score (nSPS) is 26.8. The maximum Gasteiger partial charge on any atom is 0.000780 e. The Morgan fingerprint density at radius 3 is 2.33 bits per heavy atom.